The number of carboxylic acid groups (broad SMARTS) is 2. The van der Waals surface area contributed by atoms with E-state index in [-0.39, 0.29) is 48.9 Å². The summed E-state index contributed by atoms with van der Waals surface area (Å²) < 4.78 is -2.51. The van der Waals surface area contributed by atoms with Gasteiger partial charge in [-0.05, 0) is 0 Å². The number of carbonyl (C=O) groups excluding carboxylic acids is 2. The first kappa shape index (κ1) is 23.5. The van der Waals surface area contributed by atoms with Crippen LogP contribution < -0.4 is 10.2 Å². The molecule has 4 nitrogen and oxygen atoms in total. The first-order chi connectivity index (χ1) is 5.89. The zero-order valence-electron chi connectivity index (χ0n) is 6.61. The molecule has 0 radical (unpaired) electrons. The quantitative estimate of drug-likeness (QED) is 0.273. The van der Waals surface area contributed by atoms with E-state index in [1.807, 2.05) is 0 Å². The molecular weight excluding hydrogens is 729 g/mol. The van der Waals surface area contributed by atoms with Crippen molar-refractivity contribution in [3.63, 3.8) is 0 Å². The van der Waals surface area contributed by atoms with E-state index in [0.29, 0.717) is 0 Å². The molecule has 0 saturated heterocycles. The van der Waals surface area contributed by atoms with Crippen LogP contribution in [0.15, 0.2) is 0 Å². The molecule has 11 heteroatoms. The SMILES string of the molecule is O=C([O-])C(Br)(Br)Br.O=C([O-])C(Br)(Br)Br.[Ba+2]. The number of halogens is 6. The Morgan fingerprint density at radius 1 is 0.733 bits per heavy atom. The van der Waals surface area contributed by atoms with Crippen LogP contribution in [0.3, 0.4) is 0 Å². The zero-order valence-corrected chi connectivity index (χ0v) is 20.6. The Kier molecular flexibility index (Phi) is 16.0. The van der Waals surface area contributed by atoms with Crippen molar-refractivity contribution in [2.24, 2.45) is 0 Å². The Hall–Kier alpha value is 3.39. The number of hydrogen-bond donors (Lipinski definition) is 0. The van der Waals surface area contributed by atoms with Crippen molar-refractivity contribution in [2.45, 2.75) is 4.29 Å². The molecule has 0 aromatic rings. The predicted octanol–water partition coefficient (Wildman–Crippen LogP) is 0.769. The summed E-state index contributed by atoms with van der Waals surface area (Å²) in [5, 5.41) is 19.5. The molecule has 0 aromatic heterocycles. The fraction of sp³-hybridized carbons (Fsp3) is 0.500. The molecule has 0 heterocycles. The molecule has 0 aliphatic carbocycles. The van der Waals surface area contributed by atoms with Gasteiger partial charge in [0.05, 0.1) is 11.9 Å². The van der Waals surface area contributed by atoms with E-state index in [1.54, 1.807) is 0 Å². The maximum atomic E-state index is 9.77. The fourth-order valence-corrected chi connectivity index (χ4v) is 0. The van der Waals surface area contributed by atoms with E-state index in [0.717, 1.165) is 0 Å². The number of alkyl halides is 6. The summed E-state index contributed by atoms with van der Waals surface area (Å²) in [7, 11) is 0. The van der Waals surface area contributed by atoms with Crippen LogP contribution in [0.5, 0.6) is 0 Å². The maximum Gasteiger partial charge on any atom is 2.00 e. The number of hydrogen-bond acceptors (Lipinski definition) is 4. The van der Waals surface area contributed by atoms with Gasteiger partial charge in [-0.25, -0.2) is 0 Å². The van der Waals surface area contributed by atoms with Crippen molar-refractivity contribution in [1.29, 1.82) is 0 Å². The average molecular weight is 729 g/mol. The van der Waals surface area contributed by atoms with Gasteiger partial charge in [0.25, 0.3) is 0 Å². The van der Waals surface area contributed by atoms with Crippen LogP contribution in [0.4, 0.5) is 0 Å². The number of rotatable bonds is 0. The van der Waals surface area contributed by atoms with Crippen molar-refractivity contribution in [1.82, 2.24) is 0 Å². The van der Waals surface area contributed by atoms with E-state index < -0.39 is 16.2 Å². The van der Waals surface area contributed by atoms with Crippen LogP contribution in [0.25, 0.3) is 0 Å². The average Bonchev–Trinajstić information content (AvgIpc) is 1.83. The summed E-state index contributed by atoms with van der Waals surface area (Å²) in [6, 6.07) is 0. The Bertz CT molecular complexity index is 196. The summed E-state index contributed by atoms with van der Waals surface area (Å²) in [4.78, 5) is 19.5. The predicted molar refractivity (Wildman–Crippen MR) is 74.8 cm³/mol. The van der Waals surface area contributed by atoms with Crippen LogP contribution in [-0.2, 0) is 9.59 Å². The molecule has 0 rings (SSSR count). The Labute approximate surface area is 177 Å². The van der Waals surface area contributed by atoms with E-state index in [2.05, 4.69) is 95.6 Å². The molecule has 0 aliphatic heterocycles. The van der Waals surface area contributed by atoms with Gasteiger partial charge in [-0.3, -0.25) is 0 Å². The molecule has 0 unspecified atom stereocenters. The van der Waals surface area contributed by atoms with Crippen LogP contribution in [0.1, 0.15) is 0 Å². The van der Waals surface area contributed by atoms with E-state index in [9.17, 15) is 19.8 Å². The summed E-state index contributed by atoms with van der Waals surface area (Å²) in [6.07, 6.45) is 0. The summed E-state index contributed by atoms with van der Waals surface area (Å²) in [6.45, 7) is 0. The monoisotopic (exact) mass is 723 g/mol. The van der Waals surface area contributed by atoms with Crippen LogP contribution >= 0.6 is 95.6 Å². The van der Waals surface area contributed by atoms with Gasteiger partial charge in [0.1, 0.15) is 0 Å². The topological polar surface area (TPSA) is 80.3 Å². The third-order valence-electron chi connectivity index (χ3n) is 0.463. The van der Waals surface area contributed by atoms with Gasteiger partial charge in [-0.15, -0.1) is 0 Å². The second-order valence-corrected chi connectivity index (χ2v) is 15.1. The third-order valence-corrected chi connectivity index (χ3v) is 2.41. The molecule has 0 bridgehead atoms. The summed E-state index contributed by atoms with van der Waals surface area (Å²) in [5.74, 6) is -2.51. The van der Waals surface area contributed by atoms with Crippen molar-refractivity contribution in [3.05, 3.63) is 0 Å². The Morgan fingerprint density at radius 2 is 0.800 bits per heavy atom. The smallest absolute Gasteiger partial charge is 0.547 e. The molecule has 0 saturated carbocycles. The molecule has 0 atom stereocenters. The number of aliphatic carboxylic acids is 2. The molecule has 0 N–H and O–H groups in total. The largest absolute Gasteiger partial charge is 2.00 e. The van der Waals surface area contributed by atoms with Gasteiger partial charge in [-0.2, -0.15) is 0 Å². The molecule has 0 fully saturated rings. The fourth-order valence-electron chi connectivity index (χ4n) is 0. The minimum absolute atomic E-state index is 0. The minimum atomic E-state index is -1.26. The molecule has 0 spiro atoms. The van der Waals surface area contributed by atoms with E-state index in [1.165, 1.54) is 0 Å². The van der Waals surface area contributed by atoms with Gasteiger partial charge in [0.2, 0.25) is 0 Å². The van der Waals surface area contributed by atoms with Crippen LogP contribution in [0.2, 0.25) is 0 Å². The molecule has 84 valence electrons. The van der Waals surface area contributed by atoms with Gasteiger partial charge in [0.15, 0.2) is 4.29 Å². The Morgan fingerprint density at radius 3 is 0.800 bits per heavy atom. The van der Waals surface area contributed by atoms with E-state index >= 15 is 0 Å². The van der Waals surface area contributed by atoms with Crippen molar-refractivity contribution < 1.29 is 19.8 Å². The van der Waals surface area contributed by atoms with Crippen molar-refractivity contribution >= 4 is 156 Å². The zero-order chi connectivity index (χ0) is 12.2. The molecule has 0 amide bonds. The number of carbonyl (C=O) groups is 2. The molecule has 0 aromatic carbocycles. The van der Waals surface area contributed by atoms with Gasteiger partial charge in [-0.1, -0.05) is 95.6 Å². The van der Waals surface area contributed by atoms with Crippen molar-refractivity contribution in [3.8, 4) is 0 Å². The summed E-state index contributed by atoms with van der Waals surface area (Å²) >= 11 is 16.3. The van der Waals surface area contributed by atoms with Gasteiger partial charge in [0, 0.05) is 0 Å². The summed E-state index contributed by atoms with van der Waals surface area (Å²) in [5.41, 5.74) is 0. The first-order valence-electron chi connectivity index (χ1n) is 2.45. The second-order valence-electron chi connectivity index (χ2n) is 1.57. The molecule has 0 aliphatic rings. The molecular formula is C4BaBr6O4. The molecule has 15 heavy (non-hydrogen) atoms. The second kappa shape index (κ2) is 10.2. The van der Waals surface area contributed by atoms with Crippen molar-refractivity contribution in [2.75, 3.05) is 0 Å². The van der Waals surface area contributed by atoms with Crippen LogP contribution in [-0.4, -0.2) is 65.1 Å². The first-order valence-corrected chi connectivity index (χ1v) is 7.21. The normalized spacial score (nSPS) is 10.5. The minimum Gasteiger partial charge on any atom is -0.547 e. The maximum absolute atomic E-state index is 9.77. The Balaban J connectivity index is -0.000000180. The van der Waals surface area contributed by atoms with Gasteiger partial charge < -0.3 is 19.8 Å². The number of carboxylic acids is 2. The third kappa shape index (κ3) is 17.4. The van der Waals surface area contributed by atoms with Crippen LogP contribution in [0, 0.1) is 0 Å². The van der Waals surface area contributed by atoms with Gasteiger partial charge >= 0.3 is 48.9 Å². The van der Waals surface area contributed by atoms with E-state index in [4.69, 9.17) is 0 Å². The standard InChI is InChI=1S/2C2HBr3O2.Ba/c2*3-2(4,5)1(6)7;/h2*(H,6,7);/q;;+2/p-2.